The average molecular weight is 405 g/mol. The second-order valence-electron chi connectivity index (χ2n) is 11.4. The Morgan fingerprint density at radius 3 is 2.23 bits per heavy atom. The molecule has 3 nitrogen and oxygen atoms in total. The summed E-state index contributed by atoms with van der Waals surface area (Å²) >= 11 is 0. The Kier molecular flexibility index (Phi) is 4.43. The van der Waals surface area contributed by atoms with Gasteiger partial charge in [0, 0.05) is 12.1 Å². The van der Waals surface area contributed by atoms with Gasteiger partial charge in [0.1, 0.15) is 0 Å². The maximum atomic E-state index is 13.8. The lowest BCUT2D eigenvalue weighted by Crippen LogP contribution is -2.61. The monoisotopic (exact) mass is 404 g/mol. The number of rotatable bonds is 4. The first-order valence-electron chi connectivity index (χ1n) is 12.4. The minimum Gasteiger partial charge on any atom is -0.353 e. The molecule has 4 bridgehead atoms. The first-order chi connectivity index (χ1) is 14.6. The Balaban J connectivity index is 1.31. The van der Waals surface area contributed by atoms with E-state index in [1.807, 2.05) is 0 Å². The Morgan fingerprint density at radius 2 is 1.60 bits per heavy atom. The normalized spacial score (nSPS) is 42.2. The van der Waals surface area contributed by atoms with Gasteiger partial charge in [0.05, 0.1) is 5.41 Å². The number of nitrogens with one attached hydrogen (secondary N) is 1. The van der Waals surface area contributed by atoms with Crippen molar-refractivity contribution >= 4 is 5.91 Å². The van der Waals surface area contributed by atoms with Crippen LogP contribution in [0.3, 0.4) is 0 Å². The van der Waals surface area contributed by atoms with Crippen LogP contribution in [-0.4, -0.2) is 18.0 Å². The highest BCUT2D eigenvalue weighted by molar-refractivity contribution is 5.84. The fraction of sp³-hybridized carbons (Fsp3) is 0.667. The number of amides is 1. The summed E-state index contributed by atoms with van der Waals surface area (Å²) < 4.78 is 0. The Morgan fingerprint density at radius 1 is 0.933 bits per heavy atom. The molecule has 1 aromatic rings. The maximum absolute atomic E-state index is 13.8. The quantitative estimate of drug-likeness (QED) is 0.704. The molecule has 6 saturated carbocycles. The summed E-state index contributed by atoms with van der Waals surface area (Å²) in [5, 5.41) is 3.52. The van der Waals surface area contributed by atoms with Gasteiger partial charge < -0.3 is 11.1 Å². The fourth-order valence-corrected chi connectivity index (χ4v) is 7.74. The van der Waals surface area contributed by atoms with Gasteiger partial charge in [-0.2, -0.15) is 0 Å². The number of allylic oxidation sites excluding steroid dienone is 2. The summed E-state index contributed by atoms with van der Waals surface area (Å²) in [5.41, 5.74) is 9.34. The average Bonchev–Trinajstić information content (AvgIpc) is 3.57. The van der Waals surface area contributed by atoms with Gasteiger partial charge in [-0.05, 0) is 99.4 Å². The van der Waals surface area contributed by atoms with Crippen LogP contribution < -0.4 is 11.1 Å². The van der Waals surface area contributed by atoms with Crippen LogP contribution in [0.25, 0.3) is 0 Å². The van der Waals surface area contributed by atoms with Crippen LogP contribution in [0.5, 0.6) is 0 Å². The van der Waals surface area contributed by atoms with Gasteiger partial charge in [0.25, 0.3) is 0 Å². The lowest BCUT2D eigenvalue weighted by Gasteiger charge is -2.62. The topological polar surface area (TPSA) is 55.1 Å². The van der Waals surface area contributed by atoms with Crippen molar-refractivity contribution in [1.82, 2.24) is 5.32 Å². The van der Waals surface area contributed by atoms with E-state index in [-0.39, 0.29) is 10.8 Å². The van der Waals surface area contributed by atoms with Crippen molar-refractivity contribution in [2.45, 2.75) is 88.1 Å². The second kappa shape index (κ2) is 6.95. The molecule has 30 heavy (non-hydrogen) atoms. The first kappa shape index (κ1) is 19.1. The highest BCUT2D eigenvalue weighted by Crippen LogP contribution is 2.67. The zero-order valence-corrected chi connectivity index (χ0v) is 18.1. The van der Waals surface area contributed by atoms with E-state index in [0.717, 1.165) is 50.9 Å². The third-order valence-electron chi connectivity index (χ3n) is 9.19. The third-order valence-corrected chi connectivity index (χ3v) is 9.19. The largest absolute Gasteiger partial charge is 0.353 e. The van der Waals surface area contributed by atoms with E-state index in [1.165, 1.54) is 31.2 Å². The predicted octanol–water partition coefficient (Wildman–Crippen LogP) is 4.86. The molecule has 7 rings (SSSR count). The van der Waals surface area contributed by atoms with E-state index in [0.29, 0.717) is 29.8 Å². The SMILES string of the molecule is NC1CCC(NC(=O)C23CC4CC(c5ccccc5)(CC(C2)C4=CC2CC2)C3)CC1. The molecule has 6 aliphatic rings. The predicted molar refractivity (Wildman–Crippen MR) is 120 cm³/mol. The van der Waals surface area contributed by atoms with Crippen LogP contribution in [0.2, 0.25) is 0 Å². The molecule has 0 spiro atoms. The van der Waals surface area contributed by atoms with Crippen molar-refractivity contribution in [2.24, 2.45) is 28.9 Å². The number of carbonyl (C=O) groups excluding carboxylic acids is 1. The van der Waals surface area contributed by atoms with Crippen LogP contribution in [0.1, 0.15) is 76.2 Å². The van der Waals surface area contributed by atoms with Gasteiger partial charge in [0.15, 0.2) is 0 Å². The number of nitrogens with two attached hydrogens (primary N) is 1. The molecule has 6 fully saturated rings. The molecule has 1 aromatic carbocycles. The second-order valence-corrected chi connectivity index (χ2v) is 11.4. The number of benzene rings is 1. The zero-order chi connectivity index (χ0) is 20.3. The fourth-order valence-electron chi connectivity index (χ4n) is 7.74. The van der Waals surface area contributed by atoms with Crippen LogP contribution in [0.15, 0.2) is 42.0 Å². The minimum atomic E-state index is -0.165. The van der Waals surface area contributed by atoms with Gasteiger partial charge in [-0.1, -0.05) is 42.0 Å². The number of hydrogen-bond donors (Lipinski definition) is 2. The standard InChI is InChI=1S/C27H36N2O/c28-22-8-10-23(11-9-22)29-25(30)27-15-19-13-26(17-27,21-4-2-1-3-5-21)14-20(16-27)24(19)12-18-6-7-18/h1-5,12,18-20,22-23H,6-11,13-17,28H2,(H,29,30). The Bertz CT molecular complexity index is 829. The minimum absolute atomic E-state index is 0.165. The van der Waals surface area contributed by atoms with Crippen molar-refractivity contribution in [3.05, 3.63) is 47.5 Å². The molecule has 0 aromatic heterocycles. The lowest BCUT2D eigenvalue weighted by molar-refractivity contribution is -0.145. The molecule has 3 heteroatoms. The highest BCUT2D eigenvalue weighted by atomic mass is 16.2. The van der Waals surface area contributed by atoms with Crippen LogP contribution in [0, 0.1) is 23.2 Å². The molecule has 2 atom stereocenters. The molecule has 0 heterocycles. The van der Waals surface area contributed by atoms with Crippen molar-refractivity contribution < 1.29 is 4.79 Å². The summed E-state index contributed by atoms with van der Waals surface area (Å²) in [6.07, 6.45) is 15.3. The highest BCUT2D eigenvalue weighted by Gasteiger charge is 2.62. The van der Waals surface area contributed by atoms with Gasteiger partial charge >= 0.3 is 0 Å². The third kappa shape index (κ3) is 3.16. The van der Waals surface area contributed by atoms with E-state index < -0.39 is 0 Å². The van der Waals surface area contributed by atoms with E-state index in [9.17, 15) is 4.79 Å². The van der Waals surface area contributed by atoms with Crippen molar-refractivity contribution in [3.8, 4) is 0 Å². The van der Waals surface area contributed by atoms with Crippen LogP contribution in [-0.2, 0) is 10.2 Å². The van der Waals surface area contributed by atoms with E-state index in [4.69, 9.17) is 5.73 Å². The smallest absolute Gasteiger partial charge is 0.226 e. The van der Waals surface area contributed by atoms with Crippen molar-refractivity contribution in [2.75, 3.05) is 0 Å². The van der Waals surface area contributed by atoms with Crippen LogP contribution in [0.4, 0.5) is 0 Å². The van der Waals surface area contributed by atoms with Gasteiger partial charge in [-0.15, -0.1) is 0 Å². The number of hydrogen-bond acceptors (Lipinski definition) is 2. The summed E-state index contributed by atoms with van der Waals surface area (Å²) in [6, 6.07) is 11.8. The maximum Gasteiger partial charge on any atom is 0.226 e. The summed E-state index contributed by atoms with van der Waals surface area (Å²) in [7, 11) is 0. The lowest BCUT2D eigenvalue weighted by atomic mass is 9.41. The Labute approximate surface area is 180 Å². The van der Waals surface area contributed by atoms with Gasteiger partial charge in [-0.25, -0.2) is 0 Å². The molecule has 0 saturated heterocycles. The first-order valence-corrected chi connectivity index (χ1v) is 12.4. The molecule has 0 aliphatic heterocycles. The van der Waals surface area contributed by atoms with E-state index in [2.05, 4.69) is 41.7 Å². The molecular weight excluding hydrogens is 368 g/mol. The molecule has 160 valence electrons. The molecule has 3 N–H and O–H groups in total. The van der Waals surface area contributed by atoms with Gasteiger partial charge in [0.2, 0.25) is 5.91 Å². The number of carbonyl (C=O) groups is 1. The molecule has 6 aliphatic carbocycles. The molecule has 1 amide bonds. The van der Waals surface area contributed by atoms with E-state index in [1.54, 1.807) is 5.57 Å². The van der Waals surface area contributed by atoms with Gasteiger partial charge in [-0.3, -0.25) is 4.79 Å². The molecule has 2 unspecified atom stereocenters. The summed E-state index contributed by atoms with van der Waals surface area (Å²) in [4.78, 5) is 13.8. The molecular formula is C27H36N2O. The van der Waals surface area contributed by atoms with Crippen LogP contribution >= 0.6 is 0 Å². The zero-order valence-electron chi connectivity index (χ0n) is 18.1. The molecule has 0 radical (unpaired) electrons. The Hall–Kier alpha value is -1.61. The van der Waals surface area contributed by atoms with Crippen molar-refractivity contribution in [3.63, 3.8) is 0 Å². The van der Waals surface area contributed by atoms with E-state index >= 15 is 0 Å². The van der Waals surface area contributed by atoms with Crippen molar-refractivity contribution in [1.29, 1.82) is 0 Å². The summed E-state index contributed by atoms with van der Waals surface area (Å²) in [5.74, 6) is 2.42. The summed E-state index contributed by atoms with van der Waals surface area (Å²) in [6.45, 7) is 0.